The summed E-state index contributed by atoms with van der Waals surface area (Å²) in [5.74, 6) is 1.31. The minimum atomic E-state index is -0.0362. The van der Waals surface area contributed by atoms with Gasteiger partial charge in [0.2, 0.25) is 0 Å². The lowest BCUT2D eigenvalue weighted by Crippen LogP contribution is -2.01. The fourth-order valence-electron chi connectivity index (χ4n) is 2.47. The van der Waals surface area contributed by atoms with E-state index in [9.17, 15) is 4.79 Å². The lowest BCUT2D eigenvalue weighted by molar-refractivity contribution is 0.104. The van der Waals surface area contributed by atoms with Crippen LogP contribution < -0.4 is 9.47 Å². The number of methoxy groups -OCH3 is 2. The lowest BCUT2D eigenvalue weighted by atomic mass is 9.99. The number of rotatable bonds is 2. The summed E-state index contributed by atoms with van der Waals surface area (Å²) >= 11 is 0. The van der Waals surface area contributed by atoms with Gasteiger partial charge in [-0.2, -0.15) is 0 Å². The Morgan fingerprint density at radius 1 is 0.889 bits per heavy atom. The van der Waals surface area contributed by atoms with Gasteiger partial charge < -0.3 is 9.47 Å². The van der Waals surface area contributed by atoms with Gasteiger partial charge in [-0.05, 0) is 12.2 Å². The van der Waals surface area contributed by atoms with Crippen molar-refractivity contribution in [1.29, 1.82) is 0 Å². The van der Waals surface area contributed by atoms with Gasteiger partial charge in [0.15, 0.2) is 5.78 Å². The van der Waals surface area contributed by atoms with Gasteiger partial charge in [-0.3, -0.25) is 4.79 Å². The molecule has 18 heavy (non-hydrogen) atoms. The van der Waals surface area contributed by atoms with E-state index in [1.807, 2.05) is 24.3 Å². The molecule has 3 heteroatoms. The van der Waals surface area contributed by atoms with Gasteiger partial charge in [-0.25, -0.2) is 0 Å². The summed E-state index contributed by atoms with van der Waals surface area (Å²) in [5, 5.41) is 1.85. The predicted octanol–water partition coefficient (Wildman–Crippen LogP) is 3.07. The van der Waals surface area contributed by atoms with Crippen molar-refractivity contribution in [1.82, 2.24) is 0 Å². The number of benzene rings is 2. The first kappa shape index (κ1) is 10.8. The third kappa shape index (κ3) is 1.27. The van der Waals surface area contributed by atoms with Crippen LogP contribution in [0.5, 0.6) is 11.5 Å². The summed E-state index contributed by atoms with van der Waals surface area (Å²) < 4.78 is 10.9. The number of allylic oxidation sites excluding steroid dienone is 1. The second-order valence-electron chi connectivity index (χ2n) is 4.10. The standard InChI is InChI=1S/C15H12O3/c1-17-14-9-5-3-4-6-10(9)15(18-2)13-11(14)7-8-12(13)16/h3-8H,1-2H3. The van der Waals surface area contributed by atoms with Gasteiger partial charge >= 0.3 is 0 Å². The Balaban J connectivity index is 2.53. The number of carbonyl (C=O) groups is 1. The van der Waals surface area contributed by atoms with E-state index in [1.54, 1.807) is 26.4 Å². The Bertz CT molecular complexity index is 684. The predicted molar refractivity (Wildman–Crippen MR) is 70.4 cm³/mol. The molecule has 2 aromatic carbocycles. The average molecular weight is 240 g/mol. The molecule has 0 aromatic heterocycles. The third-order valence-electron chi connectivity index (χ3n) is 3.21. The second-order valence-corrected chi connectivity index (χ2v) is 4.10. The van der Waals surface area contributed by atoms with Crippen molar-refractivity contribution in [2.45, 2.75) is 0 Å². The van der Waals surface area contributed by atoms with Crippen LogP contribution in [0.3, 0.4) is 0 Å². The highest BCUT2D eigenvalue weighted by Gasteiger charge is 2.26. The van der Waals surface area contributed by atoms with Crippen LogP contribution in [0.4, 0.5) is 0 Å². The van der Waals surface area contributed by atoms with Crippen LogP contribution in [-0.4, -0.2) is 20.0 Å². The highest BCUT2D eigenvalue weighted by atomic mass is 16.5. The van der Waals surface area contributed by atoms with Crippen LogP contribution in [0, 0.1) is 0 Å². The van der Waals surface area contributed by atoms with Crippen molar-refractivity contribution in [2.75, 3.05) is 14.2 Å². The van der Waals surface area contributed by atoms with Gasteiger partial charge in [-0.15, -0.1) is 0 Å². The zero-order chi connectivity index (χ0) is 12.7. The molecular weight excluding hydrogens is 228 g/mol. The Hall–Kier alpha value is -2.29. The van der Waals surface area contributed by atoms with Crippen LogP contribution in [0.15, 0.2) is 30.3 Å². The fraction of sp³-hybridized carbons (Fsp3) is 0.133. The molecule has 0 spiro atoms. The molecule has 0 atom stereocenters. The number of carbonyl (C=O) groups excluding carboxylic acids is 1. The van der Waals surface area contributed by atoms with E-state index in [1.165, 1.54) is 0 Å². The first-order valence-corrected chi connectivity index (χ1v) is 5.67. The molecule has 3 rings (SSSR count). The van der Waals surface area contributed by atoms with Crippen molar-refractivity contribution in [3.63, 3.8) is 0 Å². The number of hydrogen-bond acceptors (Lipinski definition) is 3. The molecule has 0 bridgehead atoms. The summed E-state index contributed by atoms with van der Waals surface area (Å²) in [6.45, 7) is 0. The molecule has 0 saturated heterocycles. The van der Waals surface area contributed by atoms with Gasteiger partial charge in [0.1, 0.15) is 11.5 Å². The van der Waals surface area contributed by atoms with Crippen LogP contribution in [0.25, 0.3) is 16.8 Å². The number of fused-ring (bicyclic) bond motifs is 2. The molecule has 0 fully saturated rings. The van der Waals surface area contributed by atoms with E-state index < -0.39 is 0 Å². The molecular formula is C15H12O3. The summed E-state index contributed by atoms with van der Waals surface area (Å²) in [7, 11) is 3.20. The average Bonchev–Trinajstić information content (AvgIpc) is 2.78. The Morgan fingerprint density at radius 2 is 1.50 bits per heavy atom. The van der Waals surface area contributed by atoms with Gasteiger partial charge in [0, 0.05) is 16.3 Å². The summed E-state index contributed by atoms with van der Waals surface area (Å²) in [6, 6.07) is 7.76. The van der Waals surface area contributed by atoms with Crippen LogP contribution in [0.2, 0.25) is 0 Å². The SMILES string of the molecule is COc1c2c(c(OC)c3ccccc13)C(=O)C=C2. The third-order valence-corrected chi connectivity index (χ3v) is 3.21. The zero-order valence-corrected chi connectivity index (χ0v) is 10.2. The monoisotopic (exact) mass is 240 g/mol. The molecule has 1 aliphatic carbocycles. The number of hydrogen-bond donors (Lipinski definition) is 0. The van der Waals surface area contributed by atoms with Crippen molar-refractivity contribution >= 4 is 22.6 Å². The highest BCUT2D eigenvalue weighted by molar-refractivity contribution is 6.20. The van der Waals surface area contributed by atoms with Gasteiger partial charge in [0.05, 0.1) is 19.8 Å². The van der Waals surface area contributed by atoms with Gasteiger partial charge in [0.25, 0.3) is 0 Å². The van der Waals surface area contributed by atoms with E-state index in [2.05, 4.69) is 0 Å². The number of ketones is 1. The Kier molecular flexibility index (Phi) is 2.33. The molecule has 0 aliphatic heterocycles. The Morgan fingerprint density at radius 3 is 2.11 bits per heavy atom. The highest BCUT2D eigenvalue weighted by Crippen LogP contribution is 2.43. The van der Waals surface area contributed by atoms with Crippen molar-refractivity contribution in [2.24, 2.45) is 0 Å². The largest absolute Gasteiger partial charge is 0.495 e. The zero-order valence-electron chi connectivity index (χ0n) is 10.2. The van der Waals surface area contributed by atoms with Crippen LogP contribution >= 0.6 is 0 Å². The van der Waals surface area contributed by atoms with Crippen LogP contribution in [-0.2, 0) is 0 Å². The molecule has 0 amide bonds. The Labute approximate surface area is 105 Å². The summed E-state index contributed by atoms with van der Waals surface area (Å²) in [6.07, 6.45) is 3.33. The maximum atomic E-state index is 11.9. The van der Waals surface area contributed by atoms with Crippen molar-refractivity contribution in [3.8, 4) is 11.5 Å². The first-order valence-electron chi connectivity index (χ1n) is 5.67. The van der Waals surface area contributed by atoms with E-state index in [0.29, 0.717) is 11.3 Å². The van der Waals surface area contributed by atoms with E-state index in [4.69, 9.17) is 9.47 Å². The number of ether oxygens (including phenoxy) is 2. The maximum Gasteiger partial charge on any atom is 0.190 e. The normalized spacial score (nSPS) is 12.9. The molecule has 0 N–H and O–H groups in total. The molecule has 3 nitrogen and oxygen atoms in total. The summed E-state index contributed by atoms with van der Waals surface area (Å²) in [5.41, 5.74) is 1.39. The van der Waals surface area contributed by atoms with E-state index in [-0.39, 0.29) is 5.78 Å². The minimum absolute atomic E-state index is 0.0362. The van der Waals surface area contributed by atoms with E-state index in [0.717, 1.165) is 22.1 Å². The molecule has 1 aliphatic rings. The van der Waals surface area contributed by atoms with Crippen molar-refractivity contribution in [3.05, 3.63) is 41.5 Å². The quantitative estimate of drug-likeness (QED) is 0.809. The molecule has 0 heterocycles. The van der Waals surface area contributed by atoms with Crippen LogP contribution in [0.1, 0.15) is 15.9 Å². The second kappa shape index (κ2) is 3.88. The smallest absolute Gasteiger partial charge is 0.190 e. The lowest BCUT2D eigenvalue weighted by Gasteiger charge is -2.15. The molecule has 0 saturated carbocycles. The maximum absolute atomic E-state index is 11.9. The molecule has 0 radical (unpaired) electrons. The summed E-state index contributed by atoms with van der Waals surface area (Å²) in [4.78, 5) is 11.9. The fourth-order valence-corrected chi connectivity index (χ4v) is 2.47. The van der Waals surface area contributed by atoms with Gasteiger partial charge in [-0.1, -0.05) is 24.3 Å². The molecule has 2 aromatic rings. The van der Waals surface area contributed by atoms with Crippen molar-refractivity contribution < 1.29 is 14.3 Å². The van der Waals surface area contributed by atoms with E-state index >= 15 is 0 Å². The first-order chi connectivity index (χ1) is 8.77. The molecule has 0 unspecified atom stereocenters. The molecule has 90 valence electrons. The topological polar surface area (TPSA) is 35.5 Å². The minimum Gasteiger partial charge on any atom is -0.495 e.